The number of urea groups is 1. The maximum absolute atomic E-state index is 12.9. The average molecular weight is 547 g/mol. The number of hydrogen-bond acceptors (Lipinski definition) is 2. The molecule has 1 aromatic carbocycles. The molecule has 5 heteroatoms. The minimum atomic E-state index is -0.863. The molecule has 0 heterocycles. The summed E-state index contributed by atoms with van der Waals surface area (Å²) in [6.07, 6.45) is 14.8. The van der Waals surface area contributed by atoms with Gasteiger partial charge in [0, 0.05) is 19.6 Å². The fourth-order valence-corrected chi connectivity index (χ4v) is 11.5. The summed E-state index contributed by atoms with van der Waals surface area (Å²) < 4.78 is 0. The summed E-state index contributed by atoms with van der Waals surface area (Å²) >= 11 is 0. The van der Waals surface area contributed by atoms with E-state index in [0.29, 0.717) is 46.0 Å². The zero-order chi connectivity index (χ0) is 28.7. The van der Waals surface area contributed by atoms with Crippen molar-refractivity contribution >= 4 is 17.6 Å². The van der Waals surface area contributed by atoms with Gasteiger partial charge in [0.1, 0.15) is 0 Å². The molecule has 6 rings (SSSR count). The molecule has 0 bridgehead atoms. The molecule has 40 heavy (non-hydrogen) atoms. The lowest BCUT2D eigenvalue weighted by molar-refractivity contribution is -0.210. The van der Waals surface area contributed by atoms with Crippen molar-refractivity contribution in [2.45, 2.75) is 97.4 Å². The molecule has 0 saturated heterocycles. The van der Waals surface area contributed by atoms with Gasteiger partial charge in [-0.15, -0.1) is 0 Å². The molecule has 0 aliphatic heterocycles. The maximum Gasteiger partial charge on any atom is 0.335 e. The van der Waals surface area contributed by atoms with E-state index >= 15 is 0 Å². The molecule has 4 fully saturated rings. The van der Waals surface area contributed by atoms with Crippen molar-refractivity contribution in [2.24, 2.45) is 45.8 Å². The molecular formula is C35H50N2O3. The smallest absolute Gasteiger partial charge is 0.335 e. The lowest BCUT2D eigenvalue weighted by Gasteiger charge is -2.71. The molecule has 2 amide bonds. The van der Waals surface area contributed by atoms with E-state index in [1.165, 1.54) is 56.1 Å². The largest absolute Gasteiger partial charge is 0.478 e. The Labute approximate surface area is 241 Å². The Morgan fingerprint density at radius 1 is 0.875 bits per heavy atom. The summed E-state index contributed by atoms with van der Waals surface area (Å²) in [5, 5.41) is 12.9. The zero-order valence-corrected chi connectivity index (χ0v) is 25.6. The number of aromatic carboxylic acids is 1. The van der Waals surface area contributed by atoms with Crippen LogP contribution in [0.15, 0.2) is 30.3 Å². The number of nitrogens with one attached hydrogen (secondary N) is 1. The summed E-state index contributed by atoms with van der Waals surface area (Å²) in [4.78, 5) is 26.0. The van der Waals surface area contributed by atoms with Gasteiger partial charge in [-0.25, -0.2) is 9.59 Å². The molecule has 5 aliphatic carbocycles. The number of rotatable bonds is 3. The van der Waals surface area contributed by atoms with Crippen LogP contribution in [0.1, 0.15) is 108 Å². The summed E-state index contributed by atoms with van der Waals surface area (Å²) in [5.74, 6) is 2.26. The molecule has 218 valence electrons. The van der Waals surface area contributed by atoms with Crippen LogP contribution in [0.25, 0.3) is 5.57 Å². The van der Waals surface area contributed by atoms with Gasteiger partial charge >= 0.3 is 12.0 Å². The van der Waals surface area contributed by atoms with Crippen molar-refractivity contribution in [1.29, 1.82) is 0 Å². The number of carboxylic acids is 1. The van der Waals surface area contributed by atoms with Crippen molar-refractivity contribution < 1.29 is 14.7 Å². The number of allylic oxidation sites excluding steroid dienone is 2. The molecule has 0 spiro atoms. The van der Waals surface area contributed by atoms with Gasteiger partial charge in [0.2, 0.25) is 0 Å². The molecule has 1 aromatic rings. The fraction of sp³-hybridized carbons (Fsp3) is 0.714. The average Bonchev–Trinajstić information content (AvgIpc) is 3.33. The van der Waals surface area contributed by atoms with E-state index in [1.54, 1.807) is 17.0 Å². The maximum atomic E-state index is 12.9. The summed E-state index contributed by atoms with van der Waals surface area (Å²) in [5.41, 5.74) is 3.86. The fourth-order valence-electron chi connectivity index (χ4n) is 11.5. The van der Waals surface area contributed by atoms with Crippen LogP contribution in [0.3, 0.4) is 0 Å². The highest BCUT2D eigenvalue weighted by molar-refractivity contribution is 5.88. The SMILES string of the molecule is CC1C(c2ccc(C(=O)O)cc2)=CCC2(C)C1CCC1(C)C2CCC2C3CCCC3(NC(=O)N(C)C)CC[C@]21C. The first-order chi connectivity index (χ1) is 18.9. The van der Waals surface area contributed by atoms with Gasteiger partial charge in [-0.2, -0.15) is 0 Å². The normalized spacial score (nSPS) is 43.9. The van der Waals surface area contributed by atoms with Gasteiger partial charge in [-0.1, -0.05) is 52.3 Å². The van der Waals surface area contributed by atoms with Crippen LogP contribution in [0.5, 0.6) is 0 Å². The predicted molar refractivity (Wildman–Crippen MR) is 160 cm³/mol. The lowest BCUT2D eigenvalue weighted by atomic mass is 9.34. The number of hydrogen-bond donors (Lipinski definition) is 2. The number of carbonyl (C=O) groups excluding carboxylic acids is 1. The van der Waals surface area contributed by atoms with Gasteiger partial charge in [-0.3, -0.25) is 0 Å². The van der Waals surface area contributed by atoms with Gasteiger partial charge in [0.05, 0.1) is 5.56 Å². The first kappa shape index (κ1) is 27.8. The monoisotopic (exact) mass is 546 g/mol. The van der Waals surface area contributed by atoms with E-state index in [1.807, 2.05) is 26.2 Å². The molecule has 5 aliphatic rings. The first-order valence-corrected chi connectivity index (χ1v) is 15.9. The highest BCUT2D eigenvalue weighted by Gasteiger charge is 2.68. The summed E-state index contributed by atoms with van der Waals surface area (Å²) in [6.45, 7) is 10.4. The lowest BCUT2D eigenvalue weighted by Crippen LogP contribution is -2.67. The third-order valence-corrected chi connectivity index (χ3v) is 13.8. The molecule has 5 nitrogen and oxygen atoms in total. The summed E-state index contributed by atoms with van der Waals surface area (Å²) in [7, 11) is 3.73. The molecule has 9 atom stereocenters. The van der Waals surface area contributed by atoms with E-state index in [2.05, 4.69) is 39.1 Å². The van der Waals surface area contributed by atoms with Crippen LogP contribution >= 0.6 is 0 Å². The van der Waals surface area contributed by atoms with E-state index in [4.69, 9.17) is 0 Å². The number of benzene rings is 1. The van der Waals surface area contributed by atoms with E-state index < -0.39 is 5.97 Å². The Balaban J connectivity index is 1.29. The van der Waals surface area contributed by atoms with Crippen molar-refractivity contribution in [3.8, 4) is 0 Å². The number of carbonyl (C=O) groups is 2. The number of fused-ring (bicyclic) bond motifs is 7. The van der Waals surface area contributed by atoms with E-state index in [9.17, 15) is 14.7 Å². The molecule has 0 aromatic heterocycles. The minimum Gasteiger partial charge on any atom is -0.478 e. The first-order valence-electron chi connectivity index (χ1n) is 15.9. The van der Waals surface area contributed by atoms with Crippen molar-refractivity contribution in [3.63, 3.8) is 0 Å². The third kappa shape index (κ3) is 3.78. The van der Waals surface area contributed by atoms with E-state index in [-0.39, 0.29) is 17.0 Å². The van der Waals surface area contributed by atoms with Crippen molar-refractivity contribution in [2.75, 3.05) is 14.1 Å². The van der Waals surface area contributed by atoms with Crippen LogP contribution in [0.2, 0.25) is 0 Å². The predicted octanol–water partition coefficient (Wildman–Crippen LogP) is 7.87. The Morgan fingerprint density at radius 2 is 1.60 bits per heavy atom. The second-order valence-electron chi connectivity index (χ2n) is 15.2. The molecule has 0 radical (unpaired) electrons. The molecule has 2 N–H and O–H groups in total. The van der Waals surface area contributed by atoms with Gasteiger partial charge < -0.3 is 15.3 Å². The Hall–Kier alpha value is -2.30. The standard InChI is InChI=1S/C35H50N2O3/c1-22-25(23-9-11-24(12-10-23)30(38)39)15-18-32(2)26(22)16-19-34(4)29(32)14-13-27-28-8-7-17-35(28,21-20-33(27,34)3)36-31(40)37(5)6/h9-12,15,22,26-29H,7-8,13-14,16-21H2,1-6H3,(H,36,40)(H,38,39)/t22?,26?,27?,28?,29?,32?,33-,34?,35?/m1/s1. The van der Waals surface area contributed by atoms with Gasteiger partial charge in [0.25, 0.3) is 0 Å². The molecular weight excluding hydrogens is 496 g/mol. The molecule has 4 saturated carbocycles. The topological polar surface area (TPSA) is 69.6 Å². The van der Waals surface area contributed by atoms with E-state index in [0.717, 1.165) is 19.3 Å². The third-order valence-electron chi connectivity index (χ3n) is 13.8. The Morgan fingerprint density at radius 3 is 2.27 bits per heavy atom. The zero-order valence-electron chi connectivity index (χ0n) is 25.6. The minimum absolute atomic E-state index is 0.0109. The second-order valence-corrected chi connectivity index (χ2v) is 15.2. The quantitative estimate of drug-likeness (QED) is 0.405. The Kier molecular flexibility index (Phi) is 6.52. The summed E-state index contributed by atoms with van der Waals surface area (Å²) in [6, 6.07) is 7.62. The number of amides is 2. The van der Waals surface area contributed by atoms with Crippen LogP contribution in [-0.2, 0) is 0 Å². The Bertz CT molecular complexity index is 1220. The van der Waals surface area contributed by atoms with Crippen LogP contribution in [0, 0.1) is 45.8 Å². The highest BCUT2D eigenvalue weighted by atomic mass is 16.4. The molecule has 8 unspecified atom stereocenters. The number of nitrogens with zero attached hydrogens (tertiary/aromatic N) is 1. The highest BCUT2D eigenvalue weighted by Crippen LogP contribution is 2.75. The van der Waals surface area contributed by atoms with Gasteiger partial charge in [-0.05, 0) is 127 Å². The van der Waals surface area contributed by atoms with Crippen LogP contribution in [-0.4, -0.2) is 41.6 Å². The number of carboxylic acid groups (broad SMARTS) is 1. The van der Waals surface area contributed by atoms with Crippen molar-refractivity contribution in [1.82, 2.24) is 10.2 Å². The van der Waals surface area contributed by atoms with Crippen molar-refractivity contribution in [3.05, 3.63) is 41.5 Å². The second kappa shape index (κ2) is 9.36. The van der Waals surface area contributed by atoms with Gasteiger partial charge in [0.15, 0.2) is 0 Å². The van der Waals surface area contributed by atoms with Crippen LogP contribution in [0.4, 0.5) is 4.79 Å². The van der Waals surface area contributed by atoms with Crippen LogP contribution < -0.4 is 5.32 Å².